The normalized spacial score (nSPS) is 19.9. The number of aliphatic hydroxyl groups excluding tert-OH is 1. The van der Waals surface area contributed by atoms with Crippen LogP contribution in [0.1, 0.15) is 31.0 Å². The highest BCUT2D eigenvalue weighted by molar-refractivity contribution is 7.99. The molecule has 1 N–H and O–H groups in total. The Kier molecular flexibility index (Phi) is 9.06. The number of hydrogen-bond donors (Lipinski definition) is 1. The van der Waals surface area contributed by atoms with Gasteiger partial charge in [0.25, 0.3) is 0 Å². The molecule has 1 fully saturated rings. The quantitative estimate of drug-likeness (QED) is 0.324. The molecule has 182 valence electrons. The van der Waals surface area contributed by atoms with E-state index in [-0.39, 0.29) is 12.5 Å². The molecule has 3 atom stereocenters. The number of aliphatic hydroxyl groups is 1. The molecule has 2 aromatic carbocycles. The average Bonchev–Trinajstić information content (AvgIpc) is 2.88. The summed E-state index contributed by atoms with van der Waals surface area (Å²) in [5.74, 6) is 2.17. The van der Waals surface area contributed by atoms with Crippen LogP contribution in [0.4, 0.5) is 4.39 Å². The Bertz CT molecular complexity index is 1090. The molecule has 2 heterocycles. The van der Waals surface area contributed by atoms with Crippen molar-refractivity contribution in [2.75, 3.05) is 39.1 Å². The Morgan fingerprint density at radius 2 is 2.09 bits per heavy atom. The molecule has 0 spiro atoms. The van der Waals surface area contributed by atoms with E-state index in [9.17, 15) is 5.11 Å². The lowest BCUT2D eigenvalue weighted by atomic mass is 9.81. The third-order valence-corrected chi connectivity index (χ3v) is 8.32. The lowest BCUT2D eigenvalue weighted by Gasteiger charge is -2.38. The number of halogens is 2. The van der Waals surface area contributed by atoms with Gasteiger partial charge in [0.2, 0.25) is 0 Å². The Morgan fingerprint density at radius 1 is 1.24 bits per heavy atom. The van der Waals surface area contributed by atoms with Crippen LogP contribution in [0.15, 0.2) is 59.6 Å². The summed E-state index contributed by atoms with van der Waals surface area (Å²) in [6.07, 6.45) is 2.80. The summed E-state index contributed by atoms with van der Waals surface area (Å²) in [5.41, 5.74) is 1.44. The number of ether oxygens (including phenoxy) is 1. The number of benzene rings is 2. The maximum absolute atomic E-state index is 15.4. The number of nitrogens with zero attached hydrogens (tertiary/aromatic N) is 2. The van der Waals surface area contributed by atoms with Gasteiger partial charge in [0.1, 0.15) is 11.9 Å². The highest BCUT2D eigenvalue weighted by Crippen LogP contribution is 2.35. The molecule has 0 aliphatic carbocycles. The van der Waals surface area contributed by atoms with Crippen molar-refractivity contribution in [2.24, 2.45) is 11.8 Å². The Hall–Kier alpha value is -1.86. The number of fused-ring (bicyclic) bond motifs is 1. The third kappa shape index (κ3) is 6.22. The van der Waals surface area contributed by atoms with Crippen molar-refractivity contribution < 1.29 is 14.2 Å². The molecule has 1 aliphatic heterocycles. The Labute approximate surface area is 210 Å². The van der Waals surface area contributed by atoms with Gasteiger partial charge >= 0.3 is 0 Å². The zero-order valence-corrected chi connectivity index (χ0v) is 21.1. The lowest BCUT2D eigenvalue weighted by Crippen LogP contribution is -2.43. The Morgan fingerprint density at radius 3 is 2.88 bits per heavy atom. The monoisotopic (exact) mass is 502 g/mol. The van der Waals surface area contributed by atoms with Gasteiger partial charge < -0.3 is 14.7 Å². The second-order valence-corrected chi connectivity index (χ2v) is 10.4. The fourth-order valence-corrected chi connectivity index (χ4v) is 6.10. The van der Waals surface area contributed by atoms with Crippen LogP contribution in [-0.4, -0.2) is 54.1 Å². The van der Waals surface area contributed by atoms with Gasteiger partial charge in [0.05, 0.1) is 17.6 Å². The van der Waals surface area contributed by atoms with Crippen LogP contribution in [-0.2, 0) is 0 Å². The number of methoxy groups -OCH3 is 1. The fourth-order valence-electron chi connectivity index (χ4n) is 4.86. The van der Waals surface area contributed by atoms with E-state index in [1.807, 2.05) is 42.5 Å². The molecular weight excluding hydrogens is 471 g/mol. The van der Waals surface area contributed by atoms with Gasteiger partial charge in [0, 0.05) is 41.9 Å². The van der Waals surface area contributed by atoms with Crippen LogP contribution in [0, 0.1) is 11.8 Å². The van der Waals surface area contributed by atoms with E-state index in [1.54, 1.807) is 31.1 Å². The number of hydrogen-bond acceptors (Lipinski definition) is 5. The van der Waals surface area contributed by atoms with Gasteiger partial charge in [-0.25, -0.2) is 4.39 Å². The molecule has 0 unspecified atom stereocenters. The second-order valence-electron chi connectivity index (χ2n) is 8.90. The van der Waals surface area contributed by atoms with Gasteiger partial charge in [-0.2, -0.15) is 0 Å². The SMILES string of the molecule is COc1ccc2nccc([C@H](F)CC[C@@H]3CCN(CCSc4ccccc4Cl)C[C@@H]3CO)c2c1. The van der Waals surface area contributed by atoms with Gasteiger partial charge in [-0.1, -0.05) is 23.7 Å². The number of piperidine rings is 1. The molecule has 34 heavy (non-hydrogen) atoms. The zero-order chi connectivity index (χ0) is 23.9. The number of alkyl halides is 1. The van der Waals surface area contributed by atoms with Crippen LogP contribution in [0.2, 0.25) is 5.02 Å². The number of likely N-dealkylation sites (tertiary alicyclic amines) is 1. The summed E-state index contributed by atoms with van der Waals surface area (Å²) >= 11 is 8.02. The van der Waals surface area contributed by atoms with Crippen LogP contribution >= 0.6 is 23.4 Å². The number of aromatic nitrogens is 1. The summed E-state index contributed by atoms with van der Waals surface area (Å²) in [5, 5.41) is 11.6. The first-order valence-electron chi connectivity index (χ1n) is 11.9. The summed E-state index contributed by atoms with van der Waals surface area (Å²) in [4.78, 5) is 7.88. The first-order valence-corrected chi connectivity index (χ1v) is 13.2. The molecule has 7 heteroatoms. The first kappa shape index (κ1) is 25.2. The highest BCUT2D eigenvalue weighted by atomic mass is 35.5. The molecule has 0 bridgehead atoms. The van der Waals surface area contributed by atoms with Gasteiger partial charge in [-0.3, -0.25) is 4.98 Å². The van der Waals surface area contributed by atoms with Crippen molar-refractivity contribution >= 4 is 34.3 Å². The molecule has 1 saturated heterocycles. The van der Waals surface area contributed by atoms with Crippen LogP contribution < -0.4 is 4.74 Å². The molecule has 0 saturated carbocycles. The molecular formula is C27H32ClFN2O2S. The lowest BCUT2D eigenvalue weighted by molar-refractivity contribution is 0.0672. The molecule has 4 rings (SSSR count). The van der Waals surface area contributed by atoms with Gasteiger partial charge in [-0.05, 0) is 79.6 Å². The van der Waals surface area contributed by atoms with Crippen molar-refractivity contribution in [2.45, 2.75) is 30.3 Å². The van der Waals surface area contributed by atoms with Crippen molar-refractivity contribution in [3.05, 3.63) is 65.3 Å². The van der Waals surface area contributed by atoms with Gasteiger partial charge in [-0.15, -0.1) is 11.8 Å². The van der Waals surface area contributed by atoms with Crippen LogP contribution in [0.3, 0.4) is 0 Å². The second kappa shape index (κ2) is 12.2. The highest BCUT2D eigenvalue weighted by Gasteiger charge is 2.29. The van der Waals surface area contributed by atoms with Crippen molar-refractivity contribution in [3.8, 4) is 5.75 Å². The number of thioether (sulfide) groups is 1. The molecule has 3 aromatic rings. The first-order chi connectivity index (χ1) is 16.6. The van der Waals surface area contributed by atoms with E-state index in [4.69, 9.17) is 16.3 Å². The third-order valence-electron chi connectivity index (χ3n) is 6.82. The standard InChI is InChI=1S/C27H32ClFN2O2S/c1-33-21-7-9-26-23(16-21)22(10-12-30-26)25(29)8-6-19-11-13-31(17-20(19)18-32)14-15-34-27-5-3-2-4-24(27)28/h2-5,7,9-10,12,16,19-20,25,32H,6,8,11,13-15,17-18H2,1H3/t19-,20-,25-/m1/s1. The zero-order valence-electron chi connectivity index (χ0n) is 19.5. The van der Waals surface area contributed by atoms with E-state index in [2.05, 4.69) is 9.88 Å². The van der Waals surface area contributed by atoms with E-state index in [1.165, 1.54) is 0 Å². The molecule has 0 radical (unpaired) electrons. The summed E-state index contributed by atoms with van der Waals surface area (Å²) in [6, 6.07) is 15.3. The van der Waals surface area contributed by atoms with Crippen molar-refractivity contribution in [3.63, 3.8) is 0 Å². The van der Waals surface area contributed by atoms with E-state index in [0.29, 0.717) is 23.7 Å². The smallest absolute Gasteiger partial charge is 0.126 e. The number of pyridine rings is 1. The molecule has 1 aromatic heterocycles. The fraction of sp³-hybridized carbons (Fsp3) is 0.444. The predicted molar refractivity (Wildman–Crippen MR) is 139 cm³/mol. The topological polar surface area (TPSA) is 45.6 Å². The van der Waals surface area contributed by atoms with Crippen LogP contribution in [0.25, 0.3) is 10.9 Å². The van der Waals surface area contributed by atoms with Crippen LogP contribution in [0.5, 0.6) is 5.75 Å². The predicted octanol–water partition coefficient (Wildman–Crippen LogP) is 6.41. The van der Waals surface area contributed by atoms with Gasteiger partial charge in [0.15, 0.2) is 0 Å². The maximum atomic E-state index is 15.4. The van der Waals surface area contributed by atoms with Crippen molar-refractivity contribution in [1.82, 2.24) is 9.88 Å². The van der Waals surface area contributed by atoms with Crippen molar-refractivity contribution in [1.29, 1.82) is 0 Å². The van der Waals surface area contributed by atoms with E-state index >= 15 is 4.39 Å². The maximum Gasteiger partial charge on any atom is 0.126 e. The minimum atomic E-state index is -1.07. The average molecular weight is 503 g/mol. The van der Waals surface area contributed by atoms with E-state index in [0.717, 1.165) is 59.0 Å². The molecule has 1 aliphatic rings. The summed E-state index contributed by atoms with van der Waals surface area (Å²) in [7, 11) is 1.61. The molecule has 0 amide bonds. The van der Waals surface area contributed by atoms with E-state index < -0.39 is 6.17 Å². The Balaban J connectivity index is 1.30. The summed E-state index contributed by atoms with van der Waals surface area (Å²) < 4.78 is 20.7. The molecule has 4 nitrogen and oxygen atoms in total. The largest absolute Gasteiger partial charge is 0.497 e. The number of rotatable bonds is 10. The minimum absolute atomic E-state index is 0.144. The summed E-state index contributed by atoms with van der Waals surface area (Å²) in [6.45, 7) is 2.94. The minimum Gasteiger partial charge on any atom is -0.497 e.